The zero-order valence-corrected chi connectivity index (χ0v) is 12.9. The third-order valence-electron chi connectivity index (χ3n) is 2.87. The lowest BCUT2D eigenvalue weighted by Crippen LogP contribution is -2.23. The van der Waals surface area contributed by atoms with Crippen LogP contribution in [0.5, 0.6) is 0 Å². The number of rotatable bonds is 5. The third-order valence-corrected chi connectivity index (χ3v) is 2.87. The number of ketones is 1. The normalized spacial score (nSPS) is 15.5. The molecule has 0 radical (unpaired) electrons. The highest BCUT2D eigenvalue weighted by Gasteiger charge is 2.29. The van der Waals surface area contributed by atoms with Gasteiger partial charge in [0.15, 0.2) is 5.78 Å². The van der Waals surface area contributed by atoms with Crippen LogP contribution in [0.3, 0.4) is 0 Å². The summed E-state index contributed by atoms with van der Waals surface area (Å²) in [6.07, 6.45) is 5.51. The van der Waals surface area contributed by atoms with Gasteiger partial charge in [-0.05, 0) is 19.8 Å². The first-order valence-corrected chi connectivity index (χ1v) is 7.15. The highest BCUT2D eigenvalue weighted by molar-refractivity contribution is 6.18. The van der Waals surface area contributed by atoms with E-state index in [2.05, 4.69) is 0 Å². The van der Waals surface area contributed by atoms with Crippen LogP contribution in [0, 0.1) is 5.92 Å². The average Bonchev–Trinajstić information content (AvgIpc) is 2.91. The molecule has 0 N–H and O–H groups in total. The Bertz CT molecular complexity index is 315. The first kappa shape index (κ1) is 17.7. The van der Waals surface area contributed by atoms with Crippen LogP contribution in [-0.2, 0) is 14.3 Å². The fourth-order valence-electron chi connectivity index (χ4n) is 2.09. The Balaban J connectivity index is 0.00000154. The molecule has 1 aliphatic carbocycles. The number of esters is 1. The van der Waals surface area contributed by atoms with Crippen molar-refractivity contribution in [1.82, 2.24) is 4.90 Å². The summed E-state index contributed by atoms with van der Waals surface area (Å²) in [5.41, 5.74) is 0.184. The van der Waals surface area contributed by atoms with Crippen molar-refractivity contribution in [2.75, 3.05) is 20.7 Å². The number of Topliss-reactive ketones (excluding diaryl/α,β-unsaturated/α-hetero) is 1. The van der Waals surface area contributed by atoms with E-state index in [4.69, 9.17) is 4.74 Å². The smallest absolute Gasteiger partial charge is 0.343 e. The SMILES string of the molecule is CC.CCOC(=O)/C(=C\N(C)C)C(=O)C1CCCC1. The molecule has 0 aromatic heterocycles. The van der Waals surface area contributed by atoms with Crippen molar-refractivity contribution in [3.05, 3.63) is 11.8 Å². The number of ether oxygens (including phenoxy) is 1. The van der Waals surface area contributed by atoms with Crippen molar-refractivity contribution in [3.63, 3.8) is 0 Å². The minimum Gasteiger partial charge on any atom is -0.462 e. The first-order valence-electron chi connectivity index (χ1n) is 7.15. The molecule has 0 spiro atoms. The van der Waals surface area contributed by atoms with Gasteiger partial charge in [-0.15, -0.1) is 0 Å². The number of hydrogen-bond donors (Lipinski definition) is 0. The van der Waals surface area contributed by atoms with Crippen LogP contribution in [-0.4, -0.2) is 37.4 Å². The summed E-state index contributed by atoms with van der Waals surface area (Å²) < 4.78 is 4.93. The average molecular weight is 269 g/mol. The van der Waals surface area contributed by atoms with Crippen molar-refractivity contribution in [2.24, 2.45) is 5.92 Å². The molecule has 1 rings (SSSR count). The summed E-state index contributed by atoms with van der Waals surface area (Å²) in [7, 11) is 3.59. The van der Waals surface area contributed by atoms with E-state index in [1.807, 2.05) is 13.8 Å². The summed E-state index contributed by atoms with van der Waals surface area (Å²) in [4.78, 5) is 25.6. The summed E-state index contributed by atoms with van der Waals surface area (Å²) in [6, 6.07) is 0. The molecular formula is C15H27NO3. The molecule has 4 nitrogen and oxygen atoms in total. The van der Waals surface area contributed by atoms with E-state index in [1.165, 1.54) is 0 Å². The van der Waals surface area contributed by atoms with E-state index in [1.54, 1.807) is 32.1 Å². The van der Waals surface area contributed by atoms with E-state index in [0.29, 0.717) is 6.61 Å². The van der Waals surface area contributed by atoms with Crippen molar-refractivity contribution in [1.29, 1.82) is 0 Å². The molecule has 4 heteroatoms. The van der Waals surface area contributed by atoms with Gasteiger partial charge >= 0.3 is 5.97 Å². The van der Waals surface area contributed by atoms with Crippen LogP contribution >= 0.6 is 0 Å². The molecule has 0 aromatic rings. The topological polar surface area (TPSA) is 46.6 Å². The molecule has 0 bridgehead atoms. The predicted octanol–water partition coefficient (Wildman–Crippen LogP) is 2.78. The second-order valence-corrected chi connectivity index (χ2v) is 4.57. The second-order valence-electron chi connectivity index (χ2n) is 4.57. The van der Waals surface area contributed by atoms with Crippen LogP contribution in [0.4, 0.5) is 0 Å². The Kier molecular flexibility index (Phi) is 8.92. The standard InChI is InChI=1S/C13H21NO3.C2H6/c1-4-17-13(16)11(9-14(2)3)12(15)10-7-5-6-8-10;1-2/h9-10H,4-8H2,1-3H3;1-2H3/b11-9-;. The molecule has 1 saturated carbocycles. The lowest BCUT2D eigenvalue weighted by Gasteiger charge is -2.13. The van der Waals surface area contributed by atoms with Crippen LogP contribution in [0.2, 0.25) is 0 Å². The largest absolute Gasteiger partial charge is 0.462 e. The number of hydrogen-bond acceptors (Lipinski definition) is 4. The van der Waals surface area contributed by atoms with Gasteiger partial charge in [0.25, 0.3) is 0 Å². The van der Waals surface area contributed by atoms with Crippen LogP contribution in [0.1, 0.15) is 46.5 Å². The monoisotopic (exact) mass is 269 g/mol. The molecule has 0 heterocycles. The maximum Gasteiger partial charge on any atom is 0.343 e. The van der Waals surface area contributed by atoms with Gasteiger partial charge in [0, 0.05) is 26.2 Å². The Hall–Kier alpha value is -1.32. The Labute approximate surface area is 116 Å². The lowest BCUT2D eigenvalue weighted by molar-refractivity contribution is -0.140. The molecular weight excluding hydrogens is 242 g/mol. The van der Waals surface area contributed by atoms with Crippen LogP contribution in [0.15, 0.2) is 11.8 Å². The fraction of sp³-hybridized carbons (Fsp3) is 0.733. The third kappa shape index (κ3) is 5.90. The van der Waals surface area contributed by atoms with E-state index in [-0.39, 0.29) is 17.3 Å². The molecule has 0 aliphatic heterocycles. The number of carbonyl (C=O) groups is 2. The molecule has 0 unspecified atom stereocenters. The highest BCUT2D eigenvalue weighted by Crippen LogP contribution is 2.28. The Morgan fingerprint density at radius 3 is 2.16 bits per heavy atom. The maximum absolute atomic E-state index is 12.2. The molecule has 0 amide bonds. The maximum atomic E-state index is 12.2. The summed E-state index contributed by atoms with van der Waals surface area (Å²) >= 11 is 0. The van der Waals surface area contributed by atoms with Crippen LogP contribution < -0.4 is 0 Å². The number of nitrogens with zero attached hydrogens (tertiary/aromatic N) is 1. The molecule has 0 saturated heterocycles. The number of carbonyl (C=O) groups excluding carboxylic acids is 2. The Morgan fingerprint density at radius 1 is 1.21 bits per heavy atom. The zero-order chi connectivity index (χ0) is 14.8. The van der Waals surface area contributed by atoms with Crippen LogP contribution in [0.25, 0.3) is 0 Å². The van der Waals surface area contributed by atoms with E-state index >= 15 is 0 Å². The summed E-state index contributed by atoms with van der Waals surface area (Å²) in [5, 5.41) is 0. The van der Waals surface area contributed by atoms with Gasteiger partial charge < -0.3 is 9.64 Å². The zero-order valence-electron chi connectivity index (χ0n) is 12.9. The van der Waals surface area contributed by atoms with Gasteiger partial charge in [0.05, 0.1) is 6.61 Å². The minimum absolute atomic E-state index is 0.00519. The van der Waals surface area contributed by atoms with E-state index < -0.39 is 5.97 Å². The molecule has 0 atom stereocenters. The fourth-order valence-corrected chi connectivity index (χ4v) is 2.09. The van der Waals surface area contributed by atoms with Gasteiger partial charge in [-0.25, -0.2) is 4.79 Å². The molecule has 0 aromatic carbocycles. The van der Waals surface area contributed by atoms with E-state index in [9.17, 15) is 9.59 Å². The van der Waals surface area contributed by atoms with Gasteiger partial charge in [0.1, 0.15) is 5.57 Å². The summed E-state index contributed by atoms with van der Waals surface area (Å²) in [5.74, 6) is -0.557. The minimum atomic E-state index is -0.502. The molecule has 1 fully saturated rings. The van der Waals surface area contributed by atoms with E-state index in [0.717, 1.165) is 25.7 Å². The lowest BCUT2D eigenvalue weighted by atomic mass is 9.96. The van der Waals surface area contributed by atoms with Gasteiger partial charge in [0.2, 0.25) is 0 Å². The quantitative estimate of drug-likeness (QED) is 0.333. The molecule has 19 heavy (non-hydrogen) atoms. The molecule has 1 aliphatic rings. The second kappa shape index (κ2) is 9.59. The van der Waals surface area contributed by atoms with Crippen molar-refractivity contribution in [2.45, 2.75) is 46.5 Å². The Morgan fingerprint density at radius 2 is 1.74 bits per heavy atom. The molecule has 110 valence electrons. The van der Waals surface area contributed by atoms with Crippen molar-refractivity contribution >= 4 is 11.8 Å². The van der Waals surface area contributed by atoms with Gasteiger partial charge in [-0.1, -0.05) is 26.7 Å². The predicted molar refractivity (Wildman–Crippen MR) is 76.7 cm³/mol. The van der Waals surface area contributed by atoms with Gasteiger partial charge in [-0.3, -0.25) is 4.79 Å². The van der Waals surface area contributed by atoms with Crippen molar-refractivity contribution < 1.29 is 14.3 Å². The van der Waals surface area contributed by atoms with Crippen molar-refractivity contribution in [3.8, 4) is 0 Å². The highest BCUT2D eigenvalue weighted by atomic mass is 16.5. The van der Waals surface area contributed by atoms with Gasteiger partial charge in [-0.2, -0.15) is 0 Å². The first-order chi connectivity index (χ1) is 9.06. The summed E-state index contributed by atoms with van der Waals surface area (Å²) in [6.45, 7) is 6.03.